The number of anilines is 1. The Morgan fingerprint density at radius 2 is 2.07 bits per heavy atom. The fraction of sp³-hybridized carbons (Fsp3) is 0.143. The van der Waals surface area contributed by atoms with Crippen LogP contribution in [-0.2, 0) is 9.53 Å². The van der Waals surface area contributed by atoms with Crippen LogP contribution in [-0.4, -0.2) is 35.8 Å². The zero-order valence-corrected chi connectivity index (χ0v) is 17.1. The van der Waals surface area contributed by atoms with E-state index < -0.39 is 11.9 Å². The summed E-state index contributed by atoms with van der Waals surface area (Å²) in [6, 6.07) is 10.7. The number of methoxy groups -OCH3 is 1. The van der Waals surface area contributed by atoms with Gasteiger partial charge >= 0.3 is 5.97 Å². The van der Waals surface area contributed by atoms with E-state index in [1.54, 1.807) is 37.6 Å². The highest BCUT2D eigenvalue weighted by Gasteiger charge is 2.18. The maximum absolute atomic E-state index is 12.6. The number of aromatic nitrogens is 2. The van der Waals surface area contributed by atoms with E-state index in [9.17, 15) is 14.9 Å². The SMILES string of the molecule is CCOC(=O)c1ccsc1NC(=O)C(C#N)=Cc1cn[nH]c1-c1ccc(OC)cc1. The molecule has 1 aromatic carbocycles. The van der Waals surface area contributed by atoms with Crippen LogP contribution in [0.1, 0.15) is 22.8 Å². The largest absolute Gasteiger partial charge is 0.497 e. The number of H-pyrrole nitrogens is 1. The molecule has 0 aliphatic heterocycles. The first kappa shape index (κ1) is 20.8. The van der Waals surface area contributed by atoms with Crippen molar-refractivity contribution in [3.05, 3.63) is 58.6 Å². The van der Waals surface area contributed by atoms with Crippen molar-refractivity contribution >= 4 is 34.3 Å². The number of amides is 1. The van der Waals surface area contributed by atoms with Crippen molar-refractivity contribution in [3.8, 4) is 23.1 Å². The Hall–Kier alpha value is -3.90. The molecular weight excluding hydrogens is 404 g/mol. The molecular formula is C21H18N4O4S. The molecule has 2 aromatic heterocycles. The van der Waals surface area contributed by atoms with Crippen molar-refractivity contribution in [1.29, 1.82) is 5.26 Å². The van der Waals surface area contributed by atoms with Gasteiger partial charge in [0.25, 0.3) is 5.91 Å². The lowest BCUT2D eigenvalue weighted by molar-refractivity contribution is -0.112. The molecule has 0 atom stereocenters. The lowest BCUT2D eigenvalue weighted by atomic mass is 10.1. The number of nitriles is 1. The Labute approximate surface area is 176 Å². The van der Waals surface area contributed by atoms with Gasteiger partial charge in [-0.2, -0.15) is 10.4 Å². The van der Waals surface area contributed by atoms with Crippen molar-refractivity contribution in [2.45, 2.75) is 6.92 Å². The summed E-state index contributed by atoms with van der Waals surface area (Å²) in [4.78, 5) is 24.6. The predicted octanol–water partition coefficient (Wildman–Crippen LogP) is 3.87. The van der Waals surface area contributed by atoms with E-state index in [0.29, 0.717) is 22.0 Å². The normalized spacial score (nSPS) is 10.9. The van der Waals surface area contributed by atoms with Crippen LogP contribution in [0.15, 0.2) is 47.5 Å². The Morgan fingerprint density at radius 3 is 2.73 bits per heavy atom. The third kappa shape index (κ3) is 4.56. The van der Waals surface area contributed by atoms with Crippen LogP contribution in [0, 0.1) is 11.3 Å². The molecule has 1 amide bonds. The number of aromatic amines is 1. The highest BCUT2D eigenvalue weighted by atomic mass is 32.1. The number of nitrogens with one attached hydrogen (secondary N) is 2. The third-order valence-electron chi connectivity index (χ3n) is 4.10. The first-order valence-corrected chi connectivity index (χ1v) is 9.80. The number of carbonyl (C=O) groups is 2. The first-order valence-electron chi connectivity index (χ1n) is 8.93. The van der Waals surface area contributed by atoms with Gasteiger partial charge in [0, 0.05) is 11.1 Å². The summed E-state index contributed by atoms with van der Waals surface area (Å²) >= 11 is 1.17. The number of carbonyl (C=O) groups excluding carboxylic acids is 2. The number of hydrogen-bond acceptors (Lipinski definition) is 7. The van der Waals surface area contributed by atoms with Crippen LogP contribution in [0.5, 0.6) is 5.75 Å². The van der Waals surface area contributed by atoms with E-state index in [0.717, 1.165) is 5.56 Å². The molecule has 0 saturated carbocycles. The zero-order valence-electron chi connectivity index (χ0n) is 16.3. The number of thiophene rings is 1. The number of hydrogen-bond donors (Lipinski definition) is 2. The van der Waals surface area contributed by atoms with Gasteiger partial charge in [-0.3, -0.25) is 9.89 Å². The Balaban J connectivity index is 1.84. The van der Waals surface area contributed by atoms with E-state index in [-0.39, 0.29) is 17.7 Å². The minimum Gasteiger partial charge on any atom is -0.497 e. The standard InChI is InChI=1S/C21H18N4O4S/c1-3-29-21(27)17-8-9-30-20(17)24-19(26)14(11-22)10-15-12-23-25-18(15)13-4-6-16(28-2)7-5-13/h4-10,12H,3H2,1-2H3,(H,23,25)(H,24,26). The van der Waals surface area contributed by atoms with E-state index in [4.69, 9.17) is 9.47 Å². The fourth-order valence-electron chi connectivity index (χ4n) is 2.64. The molecule has 0 bridgehead atoms. The molecule has 3 aromatic rings. The average Bonchev–Trinajstić information content (AvgIpc) is 3.41. The van der Waals surface area contributed by atoms with Gasteiger partial charge in [0.1, 0.15) is 22.4 Å². The summed E-state index contributed by atoms with van der Waals surface area (Å²) in [6.45, 7) is 1.92. The molecule has 2 heterocycles. The first-order chi connectivity index (χ1) is 14.6. The van der Waals surface area contributed by atoms with Gasteiger partial charge in [-0.1, -0.05) is 0 Å². The fourth-order valence-corrected chi connectivity index (χ4v) is 3.41. The molecule has 2 N–H and O–H groups in total. The molecule has 0 radical (unpaired) electrons. The summed E-state index contributed by atoms with van der Waals surface area (Å²) < 4.78 is 10.1. The minimum atomic E-state index is -0.632. The Morgan fingerprint density at radius 1 is 1.30 bits per heavy atom. The van der Waals surface area contributed by atoms with Crippen LogP contribution in [0.2, 0.25) is 0 Å². The van der Waals surface area contributed by atoms with Crippen LogP contribution in [0.4, 0.5) is 5.00 Å². The molecule has 152 valence electrons. The second-order valence-electron chi connectivity index (χ2n) is 5.94. The topological polar surface area (TPSA) is 117 Å². The maximum atomic E-state index is 12.6. The molecule has 0 saturated heterocycles. The molecule has 9 heteroatoms. The number of nitrogens with zero attached hydrogens (tertiary/aromatic N) is 2. The van der Waals surface area contributed by atoms with Gasteiger partial charge in [-0.15, -0.1) is 11.3 Å². The summed E-state index contributed by atoms with van der Waals surface area (Å²) in [7, 11) is 1.58. The minimum absolute atomic E-state index is 0.130. The highest BCUT2D eigenvalue weighted by molar-refractivity contribution is 7.14. The highest BCUT2D eigenvalue weighted by Crippen LogP contribution is 2.27. The van der Waals surface area contributed by atoms with Crippen molar-refractivity contribution in [2.24, 2.45) is 0 Å². The molecule has 0 fully saturated rings. The van der Waals surface area contributed by atoms with Crippen molar-refractivity contribution in [1.82, 2.24) is 10.2 Å². The zero-order chi connectivity index (χ0) is 21.5. The summed E-state index contributed by atoms with van der Waals surface area (Å²) in [5, 5.41) is 21.0. The Kier molecular flexibility index (Phi) is 6.62. The van der Waals surface area contributed by atoms with E-state index in [2.05, 4.69) is 15.5 Å². The lowest BCUT2D eigenvalue weighted by Gasteiger charge is -2.06. The van der Waals surface area contributed by atoms with Crippen molar-refractivity contribution in [2.75, 3.05) is 19.0 Å². The van der Waals surface area contributed by atoms with E-state index >= 15 is 0 Å². The molecule has 0 unspecified atom stereocenters. The van der Waals surface area contributed by atoms with Crippen molar-refractivity contribution in [3.63, 3.8) is 0 Å². The van der Waals surface area contributed by atoms with Crippen LogP contribution in [0.25, 0.3) is 17.3 Å². The van der Waals surface area contributed by atoms with Gasteiger partial charge in [-0.05, 0) is 48.7 Å². The van der Waals surface area contributed by atoms with Crippen LogP contribution >= 0.6 is 11.3 Å². The summed E-state index contributed by atoms with van der Waals surface area (Å²) in [6.07, 6.45) is 2.97. The summed E-state index contributed by atoms with van der Waals surface area (Å²) in [5.74, 6) is -0.457. The maximum Gasteiger partial charge on any atom is 0.341 e. The third-order valence-corrected chi connectivity index (χ3v) is 4.93. The number of benzene rings is 1. The van der Waals surface area contributed by atoms with Gasteiger partial charge in [0.15, 0.2) is 0 Å². The van der Waals surface area contributed by atoms with E-state index in [1.165, 1.54) is 23.6 Å². The number of esters is 1. The molecule has 8 nitrogen and oxygen atoms in total. The predicted molar refractivity (Wildman–Crippen MR) is 113 cm³/mol. The molecule has 0 aliphatic rings. The average molecular weight is 422 g/mol. The van der Waals surface area contributed by atoms with Crippen LogP contribution < -0.4 is 10.1 Å². The Bertz CT molecular complexity index is 1120. The second kappa shape index (κ2) is 9.54. The number of ether oxygens (including phenoxy) is 2. The quantitative estimate of drug-likeness (QED) is 0.339. The van der Waals surface area contributed by atoms with Crippen LogP contribution in [0.3, 0.4) is 0 Å². The molecule has 0 aliphatic carbocycles. The van der Waals surface area contributed by atoms with Gasteiger partial charge in [-0.25, -0.2) is 4.79 Å². The monoisotopic (exact) mass is 422 g/mol. The van der Waals surface area contributed by atoms with E-state index in [1.807, 2.05) is 18.2 Å². The molecule has 3 rings (SSSR count). The smallest absolute Gasteiger partial charge is 0.341 e. The van der Waals surface area contributed by atoms with Gasteiger partial charge in [0.05, 0.1) is 31.2 Å². The second-order valence-corrected chi connectivity index (χ2v) is 6.85. The molecule has 30 heavy (non-hydrogen) atoms. The summed E-state index contributed by atoms with van der Waals surface area (Å²) in [5.41, 5.74) is 2.16. The molecule has 0 spiro atoms. The van der Waals surface area contributed by atoms with Gasteiger partial charge < -0.3 is 14.8 Å². The van der Waals surface area contributed by atoms with Crippen molar-refractivity contribution < 1.29 is 19.1 Å². The van der Waals surface area contributed by atoms with Gasteiger partial charge in [0.2, 0.25) is 0 Å². The number of rotatable bonds is 7. The lowest BCUT2D eigenvalue weighted by Crippen LogP contribution is -2.15.